The van der Waals surface area contributed by atoms with Crippen LogP contribution >= 0.6 is 0 Å². The van der Waals surface area contributed by atoms with Crippen molar-refractivity contribution in [1.82, 2.24) is 10.3 Å². The lowest BCUT2D eigenvalue weighted by molar-refractivity contribution is 0.446. The maximum Gasteiger partial charge on any atom is 0.297 e. The molecule has 0 bridgehead atoms. The number of rotatable bonds is 1. The number of oxazole rings is 1. The van der Waals surface area contributed by atoms with Crippen molar-refractivity contribution < 1.29 is 4.42 Å². The van der Waals surface area contributed by atoms with Crippen molar-refractivity contribution in [2.75, 3.05) is 24.5 Å². The summed E-state index contributed by atoms with van der Waals surface area (Å²) in [6, 6.07) is 1.21. The SMILES string of the molecule is C[C@H]1CNCCN1c1ncco1. The summed E-state index contributed by atoms with van der Waals surface area (Å²) in [4.78, 5) is 6.30. The molecule has 0 aliphatic carbocycles. The summed E-state index contributed by atoms with van der Waals surface area (Å²) < 4.78 is 5.23. The fourth-order valence-corrected chi connectivity index (χ4v) is 1.48. The van der Waals surface area contributed by atoms with Crippen LogP contribution in [0, 0.1) is 0 Å². The first-order chi connectivity index (χ1) is 5.88. The normalized spacial score (nSPS) is 24.4. The van der Waals surface area contributed by atoms with Gasteiger partial charge in [-0.3, -0.25) is 0 Å². The highest BCUT2D eigenvalue weighted by Crippen LogP contribution is 2.14. The molecule has 0 amide bonds. The van der Waals surface area contributed by atoms with Crippen molar-refractivity contribution in [3.8, 4) is 0 Å². The Bertz CT molecular complexity index is 234. The van der Waals surface area contributed by atoms with Crippen LogP contribution in [0.25, 0.3) is 0 Å². The Morgan fingerprint density at radius 2 is 2.67 bits per heavy atom. The van der Waals surface area contributed by atoms with Gasteiger partial charge in [-0.1, -0.05) is 0 Å². The Balaban J connectivity index is 2.11. The minimum atomic E-state index is 0.470. The van der Waals surface area contributed by atoms with Crippen molar-refractivity contribution >= 4 is 6.01 Å². The van der Waals surface area contributed by atoms with Gasteiger partial charge in [0.15, 0.2) is 0 Å². The topological polar surface area (TPSA) is 41.3 Å². The standard InChI is InChI=1S/C8H13N3O/c1-7-6-9-2-4-11(7)8-10-3-5-12-8/h3,5,7,9H,2,4,6H2,1H3/t7-/m0/s1. The summed E-state index contributed by atoms with van der Waals surface area (Å²) in [7, 11) is 0. The monoisotopic (exact) mass is 167 g/mol. The van der Waals surface area contributed by atoms with Crippen molar-refractivity contribution in [1.29, 1.82) is 0 Å². The van der Waals surface area contributed by atoms with Gasteiger partial charge >= 0.3 is 0 Å². The predicted molar refractivity (Wildman–Crippen MR) is 46.2 cm³/mol. The zero-order valence-electron chi connectivity index (χ0n) is 7.16. The van der Waals surface area contributed by atoms with E-state index in [9.17, 15) is 0 Å². The van der Waals surface area contributed by atoms with Crippen LogP contribution in [0.4, 0.5) is 6.01 Å². The van der Waals surface area contributed by atoms with Crippen LogP contribution in [0.15, 0.2) is 16.9 Å². The van der Waals surface area contributed by atoms with E-state index in [0.29, 0.717) is 6.04 Å². The third-order valence-electron chi connectivity index (χ3n) is 2.17. The van der Waals surface area contributed by atoms with Gasteiger partial charge in [-0.05, 0) is 6.92 Å². The molecule has 1 fully saturated rings. The van der Waals surface area contributed by atoms with Gasteiger partial charge in [0.1, 0.15) is 6.26 Å². The maximum atomic E-state index is 5.23. The fraction of sp³-hybridized carbons (Fsp3) is 0.625. The van der Waals surface area contributed by atoms with E-state index in [0.717, 1.165) is 25.6 Å². The Hall–Kier alpha value is -1.03. The highest BCUT2D eigenvalue weighted by molar-refractivity contribution is 5.27. The number of hydrogen-bond donors (Lipinski definition) is 1. The van der Waals surface area contributed by atoms with E-state index in [4.69, 9.17) is 4.42 Å². The molecule has 2 rings (SSSR count). The van der Waals surface area contributed by atoms with E-state index in [2.05, 4.69) is 22.1 Å². The second-order valence-electron chi connectivity index (χ2n) is 3.06. The van der Waals surface area contributed by atoms with E-state index in [1.807, 2.05) is 0 Å². The summed E-state index contributed by atoms with van der Waals surface area (Å²) in [5.41, 5.74) is 0. The summed E-state index contributed by atoms with van der Waals surface area (Å²) >= 11 is 0. The van der Waals surface area contributed by atoms with Gasteiger partial charge < -0.3 is 14.6 Å². The largest absolute Gasteiger partial charge is 0.432 e. The fourth-order valence-electron chi connectivity index (χ4n) is 1.48. The molecule has 1 saturated heterocycles. The second kappa shape index (κ2) is 3.15. The first-order valence-corrected chi connectivity index (χ1v) is 4.25. The van der Waals surface area contributed by atoms with Crippen LogP contribution in [0.2, 0.25) is 0 Å². The third kappa shape index (κ3) is 1.30. The molecular weight excluding hydrogens is 154 g/mol. The average molecular weight is 167 g/mol. The van der Waals surface area contributed by atoms with E-state index < -0.39 is 0 Å². The molecule has 1 aliphatic heterocycles. The first-order valence-electron chi connectivity index (χ1n) is 4.25. The molecule has 1 aromatic heterocycles. The minimum absolute atomic E-state index is 0.470. The lowest BCUT2D eigenvalue weighted by Gasteiger charge is -2.32. The zero-order valence-corrected chi connectivity index (χ0v) is 7.16. The molecule has 1 N–H and O–H groups in total. The summed E-state index contributed by atoms with van der Waals surface area (Å²) in [6.45, 7) is 5.15. The number of aromatic nitrogens is 1. The highest BCUT2D eigenvalue weighted by atomic mass is 16.4. The first kappa shape index (κ1) is 7.61. The smallest absolute Gasteiger partial charge is 0.297 e. The van der Waals surface area contributed by atoms with Crippen LogP contribution in [-0.4, -0.2) is 30.7 Å². The molecule has 0 unspecified atom stereocenters. The van der Waals surface area contributed by atoms with E-state index in [1.54, 1.807) is 12.5 Å². The Morgan fingerprint density at radius 3 is 3.33 bits per heavy atom. The molecule has 4 nitrogen and oxygen atoms in total. The molecule has 4 heteroatoms. The quantitative estimate of drug-likeness (QED) is 0.660. The van der Waals surface area contributed by atoms with Crippen LogP contribution in [0.1, 0.15) is 6.92 Å². The van der Waals surface area contributed by atoms with Gasteiger partial charge in [-0.15, -0.1) is 0 Å². The molecule has 1 aromatic rings. The van der Waals surface area contributed by atoms with Gasteiger partial charge in [0.25, 0.3) is 6.01 Å². The summed E-state index contributed by atoms with van der Waals surface area (Å²) in [5, 5.41) is 3.32. The van der Waals surface area contributed by atoms with Gasteiger partial charge in [0, 0.05) is 25.7 Å². The molecule has 0 radical (unpaired) electrons. The molecular formula is C8H13N3O. The van der Waals surface area contributed by atoms with E-state index in [-0.39, 0.29) is 0 Å². The van der Waals surface area contributed by atoms with Crippen LogP contribution in [-0.2, 0) is 0 Å². The number of nitrogens with zero attached hydrogens (tertiary/aromatic N) is 2. The van der Waals surface area contributed by atoms with Crippen molar-refractivity contribution in [2.45, 2.75) is 13.0 Å². The Labute approximate surface area is 71.6 Å². The van der Waals surface area contributed by atoms with Crippen molar-refractivity contribution in [3.63, 3.8) is 0 Å². The van der Waals surface area contributed by atoms with Crippen LogP contribution < -0.4 is 10.2 Å². The Kier molecular flexibility index (Phi) is 1.99. The Morgan fingerprint density at radius 1 is 1.75 bits per heavy atom. The van der Waals surface area contributed by atoms with Gasteiger partial charge in [0.2, 0.25) is 0 Å². The van der Waals surface area contributed by atoms with E-state index in [1.165, 1.54) is 0 Å². The lowest BCUT2D eigenvalue weighted by Crippen LogP contribution is -2.50. The molecule has 1 atom stereocenters. The second-order valence-corrected chi connectivity index (χ2v) is 3.06. The highest BCUT2D eigenvalue weighted by Gasteiger charge is 2.20. The van der Waals surface area contributed by atoms with Crippen LogP contribution in [0.5, 0.6) is 0 Å². The lowest BCUT2D eigenvalue weighted by atomic mass is 10.2. The summed E-state index contributed by atoms with van der Waals surface area (Å²) in [5.74, 6) is 0. The molecule has 66 valence electrons. The van der Waals surface area contributed by atoms with Gasteiger partial charge in [-0.2, -0.15) is 0 Å². The van der Waals surface area contributed by atoms with Crippen molar-refractivity contribution in [2.24, 2.45) is 0 Å². The van der Waals surface area contributed by atoms with E-state index >= 15 is 0 Å². The van der Waals surface area contributed by atoms with Crippen LogP contribution in [0.3, 0.4) is 0 Å². The summed E-state index contributed by atoms with van der Waals surface area (Å²) in [6.07, 6.45) is 3.30. The number of hydrogen-bond acceptors (Lipinski definition) is 4. The average Bonchev–Trinajstić information content (AvgIpc) is 2.57. The molecule has 0 aromatic carbocycles. The van der Waals surface area contributed by atoms with Crippen molar-refractivity contribution in [3.05, 3.63) is 12.5 Å². The van der Waals surface area contributed by atoms with Gasteiger partial charge in [0.05, 0.1) is 6.20 Å². The predicted octanol–water partition coefficient (Wildman–Crippen LogP) is 0.473. The van der Waals surface area contributed by atoms with Gasteiger partial charge in [-0.25, -0.2) is 4.98 Å². The zero-order chi connectivity index (χ0) is 8.39. The number of piperazine rings is 1. The minimum Gasteiger partial charge on any atom is -0.432 e. The molecule has 12 heavy (non-hydrogen) atoms. The third-order valence-corrected chi connectivity index (χ3v) is 2.17. The molecule has 0 spiro atoms. The molecule has 0 saturated carbocycles. The number of nitrogens with one attached hydrogen (secondary N) is 1. The maximum absolute atomic E-state index is 5.23. The molecule has 2 heterocycles. The molecule has 1 aliphatic rings. The number of anilines is 1.